The third-order valence-electron chi connectivity index (χ3n) is 12.0. The van der Waals surface area contributed by atoms with Gasteiger partial charge in [-0.3, -0.25) is 0 Å². The van der Waals surface area contributed by atoms with Crippen LogP contribution < -0.4 is 4.90 Å². The summed E-state index contributed by atoms with van der Waals surface area (Å²) in [5.41, 5.74) is 11.9. The molecule has 0 amide bonds. The minimum Gasteiger partial charge on any atom is -0.309 e. The second-order valence-corrected chi connectivity index (χ2v) is 16.4. The Kier molecular flexibility index (Phi) is 7.75. The van der Waals surface area contributed by atoms with Gasteiger partial charge in [0, 0.05) is 43.3 Å². The van der Waals surface area contributed by atoms with Crippen molar-refractivity contribution in [2.45, 2.75) is 0 Å². The SMILES string of the molecule is c1ccc(-c2ccc3c(ccc4cc(N(c5ccc(-c6ccc(-n7c8ccccc8c8ccccc87)cc6)cc5)c5cccc6c5sc5ccccc56)ccc43)c2)cc1. The lowest BCUT2D eigenvalue weighted by molar-refractivity contribution is 1.18. The third kappa shape index (κ3) is 5.55. The Labute approximate surface area is 346 Å². The van der Waals surface area contributed by atoms with Crippen LogP contribution in [0.3, 0.4) is 0 Å². The molecule has 0 aliphatic rings. The van der Waals surface area contributed by atoms with Gasteiger partial charge in [-0.2, -0.15) is 0 Å². The molecule has 59 heavy (non-hydrogen) atoms. The molecule has 0 aliphatic carbocycles. The Bertz CT molecular complexity index is 3490. The molecule has 0 unspecified atom stereocenters. The zero-order chi connectivity index (χ0) is 38.9. The van der Waals surface area contributed by atoms with E-state index in [2.05, 4.69) is 228 Å². The number of thiophene rings is 1. The minimum absolute atomic E-state index is 1.12. The highest BCUT2D eigenvalue weighted by atomic mass is 32.1. The number of hydrogen-bond donors (Lipinski definition) is 0. The molecule has 0 spiro atoms. The average molecular weight is 769 g/mol. The molecule has 12 rings (SSSR count). The van der Waals surface area contributed by atoms with Gasteiger partial charge in [-0.1, -0.05) is 152 Å². The van der Waals surface area contributed by atoms with Crippen molar-refractivity contribution in [2.75, 3.05) is 4.90 Å². The summed E-state index contributed by atoms with van der Waals surface area (Å²) in [6.07, 6.45) is 0. The highest BCUT2D eigenvalue weighted by Crippen LogP contribution is 2.46. The summed E-state index contributed by atoms with van der Waals surface area (Å²) in [6, 6.07) is 79.9. The smallest absolute Gasteiger partial charge is 0.0640 e. The standard InChI is InChI=1S/C56H36N2S/c1-2-11-37(12-3-1)40-27-33-46-41(35-40)21-22-42-36-45(32-34-47(42)46)57(54-19-10-16-51-50-15-6-9-20-55(50)59-56(51)54)43-28-23-38(24-29-43)39-25-30-44(31-26-39)58-52-17-7-4-13-48(52)49-14-5-8-18-53(49)58/h1-36H. The third-order valence-corrected chi connectivity index (χ3v) is 13.2. The van der Waals surface area contributed by atoms with Crippen LogP contribution in [0.5, 0.6) is 0 Å². The molecule has 0 saturated heterocycles. The lowest BCUT2D eigenvalue weighted by atomic mass is 9.97. The zero-order valence-electron chi connectivity index (χ0n) is 32.1. The number of anilines is 3. The molecule has 0 bridgehead atoms. The van der Waals surface area contributed by atoms with E-state index in [0.29, 0.717) is 0 Å². The van der Waals surface area contributed by atoms with Gasteiger partial charge in [0.25, 0.3) is 0 Å². The number of nitrogens with zero attached hydrogens (tertiary/aromatic N) is 2. The summed E-state index contributed by atoms with van der Waals surface area (Å²) in [6.45, 7) is 0. The Morgan fingerprint density at radius 3 is 1.61 bits per heavy atom. The van der Waals surface area contributed by atoms with Crippen LogP contribution in [0.2, 0.25) is 0 Å². The predicted octanol–water partition coefficient (Wildman–Crippen LogP) is 16.3. The van der Waals surface area contributed by atoms with Crippen molar-refractivity contribution in [1.82, 2.24) is 4.57 Å². The molecule has 0 aliphatic heterocycles. The molecular weight excluding hydrogens is 733 g/mol. The van der Waals surface area contributed by atoms with Crippen molar-refractivity contribution in [2.24, 2.45) is 0 Å². The lowest BCUT2D eigenvalue weighted by Gasteiger charge is -2.27. The first kappa shape index (κ1) is 33.7. The second kappa shape index (κ2) is 13.6. The van der Waals surface area contributed by atoms with E-state index in [4.69, 9.17) is 0 Å². The lowest BCUT2D eigenvalue weighted by Crippen LogP contribution is -2.10. The normalized spacial score (nSPS) is 11.7. The van der Waals surface area contributed by atoms with Gasteiger partial charge in [0.15, 0.2) is 0 Å². The van der Waals surface area contributed by atoms with Crippen molar-refractivity contribution < 1.29 is 0 Å². The number of benzene rings is 10. The van der Waals surface area contributed by atoms with Gasteiger partial charge in [0.2, 0.25) is 0 Å². The monoisotopic (exact) mass is 768 g/mol. The average Bonchev–Trinajstić information content (AvgIpc) is 3.86. The number of aromatic nitrogens is 1. The second-order valence-electron chi connectivity index (χ2n) is 15.3. The fourth-order valence-corrected chi connectivity index (χ4v) is 10.4. The molecule has 2 heterocycles. The summed E-state index contributed by atoms with van der Waals surface area (Å²) >= 11 is 1.87. The number of fused-ring (bicyclic) bond motifs is 9. The molecular formula is C56H36N2S. The van der Waals surface area contributed by atoms with Crippen LogP contribution in [-0.2, 0) is 0 Å². The molecule has 0 N–H and O–H groups in total. The van der Waals surface area contributed by atoms with Crippen molar-refractivity contribution in [3.8, 4) is 27.9 Å². The molecule has 2 nitrogen and oxygen atoms in total. The Balaban J connectivity index is 0.954. The van der Waals surface area contributed by atoms with Crippen LogP contribution in [0.1, 0.15) is 0 Å². The maximum absolute atomic E-state index is 2.44. The van der Waals surface area contributed by atoms with E-state index >= 15 is 0 Å². The zero-order valence-corrected chi connectivity index (χ0v) is 32.9. The van der Waals surface area contributed by atoms with Crippen molar-refractivity contribution in [3.63, 3.8) is 0 Å². The van der Waals surface area contributed by atoms with Gasteiger partial charge in [-0.05, 0) is 111 Å². The van der Waals surface area contributed by atoms with Crippen LogP contribution in [0.4, 0.5) is 17.1 Å². The van der Waals surface area contributed by atoms with E-state index in [9.17, 15) is 0 Å². The van der Waals surface area contributed by atoms with Crippen molar-refractivity contribution in [3.05, 3.63) is 218 Å². The quantitative estimate of drug-likeness (QED) is 0.153. The number of para-hydroxylation sites is 2. The summed E-state index contributed by atoms with van der Waals surface area (Å²) in [5, 5.41) is 10.1. The Morgan fingerprint density at radius 1 is 0.339 bits per heavy atom. The first-order chi connectivity index (χ1) is 29.2. The molecule has 10 aromatic carbocycles. The summed E-state index contributed by atoms with van der Waals surface area (Å²) in [5.74, 6) is 0. The molecule has 3 heteroatoms. The van der Waals surface area contributed by atoms with Gasteiger partial charge in [-0.25, -0.2) is 0 Å². The molecule has 2 aromatic heterocycles. The van der Waals surface area contributed by atoms with Crippen LogP contribution in [0.25, 0.3) is 91.5 Å². The van der Waals surface area contributed by atoms with Gasteiger partial charge < -0.3 is 9.47 Å². The summed E-state index contributed by atoms with van der Waals surface area (Å²) in [4.78, 5) is 2.44. The van der Waals surface area contributed by atoms with E-state index in [1.54, 1.807) is 0 Å². The van der Waals surface area contributed by atoms with Gasteiger partial charge in [0.1, 0.15) is 0 Å². The maximum Gasteiger partial charge on any atom is 0.0640 e. The van der Waals surface area contributed by atoms with Gasteiger partial charge in [0.05, 0.1) is 21.4 Å². The van der Waals surface area contributed by atoms with Gasteiger partial charge >= 0.3 is 0 Å². The summed E-state index contributed by atoms with van der Waals surface area (Å²) < 4.78 is 4.96. The van der Waals surface area contributed by atoms with Crippen molar-refractivity contribution in [1.29, 1.82) is 0 Å². The van der Waals surface area contributed by atoms with E-state index in [1.165, 1.54) is 91.5 Å². The van der Waals surface area contributed by atoms with E-state index in [-0.39, 0.29) is 0 Å². The number of rotatable bonds is 6. The highest BCUT2D eigenvalue weighted by molar-refractivity contribution is 7.26. The number of hydrogen-bond acceptors (Lipinski definition) is 2. The molecule has 0 saturated carbocycles. The van der Waals surface area contributed by atoms with E-state index < -0.39 is 0 Å². The first-order valence-corrected chi connectivity index (χ1v) is 21.0. The molecule has 0 atom stereocenters. The fraction of sp³-hybridized carbons (Fsp3) is 0. The Hall–Kier alpha value is -7.46. The largest absolute Gasteiger partial charge is 0.309 e. The molecule has 0 radical (unpaired) electrons. The molecule has 276 valence electrons. The maximum atomic E-state index is 2.44. The molecule has 12 aromatic rings. The van der Waals surface area contributed by atoms with Crippen LogP contribution in [-0.4, -0.2) is 4.57 Å². The predicted molar refractivity (Wildman–Crippen MR) is 254 cm³/mol. The Morgan fingerprint density at radius 2 is 0.881 bits per heavy atom. The molecule has 0 fully saturated rings. The minimum atomic E-state index is 1.12. The van der Waals surface area contributed by atoms with E-state index in [1.807, 2.05) is 11.3 Å². The topological polar surface area (TPSA) is 8.17 Å². The van der Waals surface area contributed by atoms with Crippen LogP contribution in [0, 0.1) is 0 Å². The van der Waals surface area contributed by atoms with E-state index in [0.717, 1.165) is 17.1 Å². The first-order valence-electron chi connectivity index (χ1n) is 20.2. The van der Waals surface area contributed by atoms with Crippen LogP contribution >= 0.6 is 11.3 Å². The fourth-order valence-electron chi connectivity index (χ4n) is 9.15. The highest BCUT2D eigenvalue weighted by Gasteiger charge is 2.19. The van der Waals surface area contributed by atoms with Gasteiger partial charge in [-0.15, -0.1) is 11.3 Å². The van der Waals surface area contributed by atoms with Crippen molar-refractivity contribution >= 4 is 91.9 Å². The summed E-state index contributed by atoms with van der Waals surface area (Å²) in [7, 11) is 0. The van der Waals surface area contributed by atoms with Crippen LogP contribution in [0.15, 0.2) is 218 Å².